The molecular weight excluding hydrogens is 548 g/mol. The van der Waals surface area contributed by atoms with Crippen LogP contribution in [0.25, 0.3) is 5.76 Å². The number of amides is 1. The van der Waals surface area contributed by atoms with Gasteiger partial charge in [0.25, 0.3) is 5.78 Å². The molecule has 1 aromatic heterocycles. The normalized spacial score (nSPS) is 17.3. The number of benzene rings is 2. The summed E-state index contributed by atoms with van der Waals surface area (Å²) in [5.41, 5.74) is 0.916. The van der Waals surface area contributed by atoms with Crippen molar-refractivity contribution in [3.05, 3.63) is 95.0 Å². The van der Waals surface area contributed by atoms with Crippen molar-refractivity contribution in [3.63, 3.8) is 0 Å². The van der Waals surface area contributed by atoms with Gasteiger partial charge in [-0.25, -0.2) is 9.78 Å². The lowest BCUT2D eigenvalue weighted by molar-refractivity contribution is -0.132. The molecule has 0 bridgehead atoms. The average Bonchev–Trinajstić information content (AvgIpc) is 3.50. The van der Waals surface area contributed by atoms with Gasteiger partial charge in [-0.1, -0.05) is 48.8 Å². The molecule has 2 aliphatic heterocycles. The van der Waals surface area contributed by atoms with Crippen LogP contribution in [0.4, 0.5) is 5.13 Å². The van der Waals surface area contributed by atoms with E-state index in [-0.39, 0.29) is 34.4 Å². The van der Waals surface area contributed by atoms with Crippen LogP contribution in [0, 0.1) is 6.92 Å². The van der Waals surface area contributed by atoms with E-state index in [9.17, 15) is 19.5 Å². The van der Waals surface area contributed by atoms with Gasteiger partial charge in [-0.05, 0) is 42.8 Å². The number of ketones is 1. The summed E-state index contributed by atoms with van der Waals surface area (Å²) in [6.07, 6.45) is 3.03. The molecule has 41 heavy (non-hydrogen) atoms. The van der Waals surface area contributed by atoms with E-state index in [0.717, 1.165) is 11.3 Å². The molecule has 1 fully saturated rings. The fourth-order valence-corrected chi connectivity index (χ4v) is 5.48. The molecular formula is C30H26N2O8S. The number of aliphatic hydroxyl groups is 1. The third-order valence-corrected chi connectivity index (χ3v) is 7.45. The molecule has 1 saturated heterocycles. The number of hydrogen-bond donors (Lipinski definition) is 1. The standard InChI is InChI=1S/C30H26N2O8S/c1-4-11-37-20-8-6-7-18(15-20)24-23(25(33)19-9-10-21-22(16-19)39-14-13-38-21)26(34)28(35)32(24)30-31-17(3)27(41-30)29(36)40-12-5-2/h4-10,15-16,24,33H,1-2,11-14H2,3H3/b25-23-. The van der Waals surface area contributed by atoms with Gasteiger partial charge in [0.2, 0.25) is 0 Å². The van der Waals surface area contributed by atoms with Crippen LogP contribution in [0.2, 0.25) is 0 Å². The van der Waals surface area contributed by atoms with Gasteiger partial charge in [0.15, 0.2) is 16.6 Å². The summed E-state index contributed by atoms with van der Waals surface area (Å²) in [6.45, 7) is 9.77. The maximum Gasteiger partial charge on any atom is 0.350 e. The van der Waals surface area contributed by atoms with Crippen LogP contribution in [-0.4, -0.2) is 54.2 Å². The van der Waals surface area contributed by atoms with E-state index in [1.54, 1.807) is 55.5 Å². The molecule has 0 saturated carbocycles. The largest absolute Gasteiger partial charge is 0.507 e. The molecule has 210 valence electrons. The first-order valence-corrected chi connectivity index (χ1v) is 13.5. The summed E-state index contributed by atoms with van der Waals surface area (Å²) in [5, 5.41) is 11.6. The van der Waals surface area contributed by atoms with Crippen molar-refractivity contribution in [2.75, 3.05) is 31.3 Å². The fraction of sp³-hybridized carbons (Fsp3) is 0.200. The molecule has 0 spiro atoms. The quantitative estimate of drug-likeness (QED) is 0.127. The van der Waals surface area contributed by atoms with Gasteiger partial charge in [-0.15, -0.1) is 0 Å². The first-order valence-electron chi connectivity index (χ1n) is 12.6. The Balaban J connectivity index is 1.65. The predicted octanol–water partition coefficient (Wildman–Crippen LogP) is 4.76. The Kier molecular flexibility index (Phi) is 7.88. The van der Waals surface area contributed by atoms with Crippen molar-refractivity contribution < 1.29 is 38.4 Å². The zero-order valence-electron chi connectivity index (χ0n) is 22.1. The maximum atomic E-state index is 13.6. The van der Waals surface area contributed by atoms with E-state index in [1.807, 2.05) is 0 Å². The monoisotopic (exact) mass is 574 g/mol. The minimum absolute atomic E-state index is 0.00303. The molecule has 10 nitrogen and oxygen atoms in total. The van der Waals surface area contributed by atoms with Crippen LogP contribution in [0.15, 0.2) is 73.3 Å². The number of fused-ring (bicyclic) bond motifs is 1. The molecule has 2 aliphatic rings. The summed E-state index contributed by atoms with van der Waals surface area (Å²) >= 11 is 0.913. The highest BCUT2D eigenvalue weighted by atomic mass is 32.1. The number of hydrogen-bond acceptors (Lipinski definition) is 10. The van der Waals surface area contributed by atoms with E-state index in [0.29, 0.717) is 41.7 Å². The van der Waals surface area contributed by atoms with Crippen LogP contribution in [0.3, 0.4) is 0 Å². The third-order valence-electron chi connectivity index (χ3n) is 6.31. The number of aliphatic hydroxyl groups excluding tert-OH is 1. The van der Waals surface area contributed by atoms with Gasteiger partial charge in [-0.2, -0.15) is 0 Å². The molecule has 0 aliphatic carbocycles. The third kappa shape index (κ3) is 5.31. The predicted molar refractivity (Wildman–Crippen MR) is 152 cm³/mol. The number of Topliss-reactive ketones (excluding diaryl/α,β-unsaturated/α-hetero) is 1. The first-order chi connectivity index (χ1) is 19.8. The number of aryl methyl sites for hydroxylation is 1. The van der Waals surface area contributed by atoms with Crippen molar-refractivity contribution in [1.82, 2.24) is 4.98 Å². The van der Waals surface area contributed by atoms with Gasteiger partial charge in [0, 0.05) is 5.56 Å². The topological polar surface area (TPSA) is 124 Å². The SMILES string of the molecule is C=CCOC(=O)c1sc(N2C(=O)C(=O)/C(=C(\O)c3ccc4c(c3)OCCO4)C2c2cccc(OCC=C)c2)nc1C. The van der Waals surface area contributed by atoms with Crippen molar-refractivity contribution in [2.45, 2.75) is 13.0 Å². The van der Waals surface area contributed by atoms with E-state index in [1.165, 1.54) is 11.0 Å². The Labute approximate surface area is 239 Å². The zero-order chi connectivity index (χ0) is 29.1. The van der Waals surface area contributed by atoms with E-state index >= 15 is 0 Å². The highest BCUT2D eigenvalue weighted by Gasteiger charge is 2.48. The second-order valence-electron chi connectivity index (χ2n) is 9.00. The summed E-state index contributed by atoms with van der Waals surface area (Å²) in [4.78, 5) is 45.5. The summed E-state index contributed by atoms with van der Waals surface area (Å²) in [5.74, 6) is -1.47. The number of esters is 1. The zero-order valence-corrected chi connectivity index (χ0v) is 22.9. The highest BCUT2D eigenvalue weighted by Crippen LogP contribution is 2.45. The number of ether oxygens (including phenoxy) is 4. The van der Waals surface area contributed by atoms with Crippen molar-refractivity contribution in [1.29, 1.82) is 0 Å². The van der Waals surface area contributed by atoms with Gasteiger partial charge in [-0.3, -0.25) is 14.5 Å². The Morgan fingerprint density at radius 2 is 1.88 bits per heavy atom. The molecule has 11 heteroatoms. The molecule has 1 amide bonds. The van der Waals surface area contributed by atoms with Gasteiger partial charge in [0.1, 0.15) is 42.8 Å². The molecule has 3 heterocycles. The minimum Gasteiger partial charge on any atom is -0.507 e. The Morgan fingerprint density at radius 1 is 1.12 bits per heavy atom. The Morgan fingerprint density at radius 3 is 2.63 bits per heavy atom. The first kappa shape index (κ1) is 27.7. The van der Waals surface area contributed by atoms with E-state index in [4.69, 9.17) is 18.9 Å². The second-order valence-corrected chi connectivity index (χ2v) is 9.98. The van der Waals surface area contributed by atoms with Crippen molar-refractivity contribution >= 4 is 39.9 Å². The number of carbonyl (C=O) groups excluding carboxylic acids is 3. The number of nitrogens with zero attached hydrogens (tertiary/aromatic N) is 2. The Bertz CT molecular complexity index is 1590. The molecule has 2 aromatic carbocycles. The fourth-order valence-electron chi connectivity index (χ4n) is 4.50. The lowest BCUT2D eigenvalue weighted by atomic mass is 9.95. The van der Waals surface area contributed by atoms with E-state index < -0.39 is 29.5 Å². The molecule has 3 aromatic rings. The summed E-state index contributed by atoms with van der Waals surface area (Å²) in [7, 11) is 0. The van der Waals surface area contributed by atoms with Crippen LogP contribution in [0.5, 0.6) is 17.2 Å². The number of carbonyl (C=O) groups is 3. The Hall–Kier alpha value is -4.90. The van der Waals surface area contributed by atoms with Gasteiger partial charge < -0.3 is 24.1 Å². The molecule has 0 radical (unpaired) electrons. The van der Waals surface area contributed by atoms with Gasteiger partial charge in [0.05, 0.1) is 17.3 Å². The highest BCUT2D eigenvalue weighted by molar-refractivity contribution is 7.17. The second kappa shape index (κ2) is 11.7. The minimum atomic E-state index is -1.09. The van der Waals surface area contributed by atoms with Crippen molar-refractivity contribution in [3.8, 4) is 17.2 Å². The number of anilines is 1. The lowest BCUT2D eigenvalue weighted by Crippen LogP contribution is -2.29. The van der Waals surface area contributed by atoms with Crippen LogP contribution in [-0.2, 0) is 14.3 Å². The molecule has 5 rings (SSSR count). The number of thiazole rings is 1. The average molecular weight is 575 g/mol. The lowest BCUT2D eigenvalue weighted by Gasteiger charge is -2.23. The molecule has 1 unspecified atom stereocenters. The summed E-state index contributed by atoms with van der Waals surface area (Å²) < 4.78 is 22.1. The molecule has 1 atom stereocenters. The van der Waals surface area contributed by atoms with Crippen molar-refractivity contribution in [2.24, 2.45) is 0 Å². The maximum absolute atomic E-state index is 13.6. The van der Waals surface area contributed by atoms with E-state index in [2.05, 4.69) is 18.1 Å². The number of rotatable bonds is 9. The molecule has 1 N–H and O–H groups in total. The van der Waals surface area contributed by atoms with Gasteiger partial charge >= 0.3 is 11.9 Å². The van der Waals surface area contributed by atoms with Crippen LogP contribution < -0.4 is 19.1 Å². The number of aromatic nitrogens is 1. The van der Waals surface area contributed by atoms with Crippen LogP contribution >= 0.6 is 11.3 Å². The smallest absolute Gasteiger partial charge is 0.350 e. The summed E-state index contributed by atoms with van der Waals surface area (Å²) in [6, 6.07) is 10.5. The van der Waals surface area contributed by atoms with Crippen LogP contribution in [0.1, 0.15) is 32.5 Å².